The van der Waals surface area contributed by atoms with Gasteiger partial charge in [0.2, 0.25) is 11.8 Å². The van der Waals surface area contributed by atoms with Crippen LogP contribution in [0.2, 0.25) is 5.02 Å². The van der Waals surface area contributed by atoms with Crippen LogP contribution in [-0.4, -0.2) is 53.6 Å². The fourth-order valence-electron chi connectivity index (χ4n) is 5.79. The fraction of sp³-hybridized carbons (Fsp3) is 0.667. The second kappa shape index (κ2) is 10.2. The van der Waals surface area contributed by atoms with E-state index < -0.39 is 11.1 Å². The minimum absolute atomic E-state index is 0.000264. The second-order valence-corrected chi connectivity index (χ2v) is 11.4. The molecule has 1 saturated carbocycles. The number of para-hydroxylation sites is 1. The molecular weight excluding hydrogens is 480 g/mol. The van der Waals surface area contributed by atoms with E-state index in [0.29, 0.717) is 43.1 Å². The third kappa shape index (κ3) is 5.21. The maximum atomic E-state index is 13.4. The summed E-state index contributed by atoms with van der Waals surface area (Å²) in [5, 5.41) is 3.78. The summed E-state index contributed by atoms with van der Waals surface area (Å²) in [6, 6.07) is 5.19. The third-order valence-electron chi connectivity index (χ3n) is 8.05. The number of ether oxygens (including phenoxy) is 2. The summed E-state index contributed by atoms with van der Waals surface area (Å²) >= 11 is 6.40. The van der Waals surface area contributed by atoms with Gasteiger partial charge in [-0.15, -0.1) is 0 Å². The molecule has 3 N–H and O–H groups in total. The van der Waals surface area contributed by atoms with Crippen molar-refractivity contribution in [3.05, 3.63) is 28.8 Å². The number of hydrogen-bond acceptors (Lipinski definition) is 6. The zero-order valence-corrected chi connectivity index (χ0v) is 22.7. The molecule has 0 bridgehead atoms. The van der Waals surface area contributed by atoms with Gasteiger partial charge in [-0.25, -0.2) is 4.99 Å². The number of methoxy groups -OCH3 is 1. The van der Waals surface area contributed by atoms with Crippen molar-refractivity contribution in [2.45, 2.75) is 89.4 Å². The normalized spacial score (nSPS) is 26.9. The highest BCUT2D eigenvalue weighted by Gasteiger charge is 2.53. The van der Waals surface area contributed by atoms with Crippen molar-refractivity contribution in [3.8, 4) is 5.75 Å². The molecule has 8 nitrogen and oxygen atoms in total. The zero-order chi connectivity index (χ0) is 26.3. The van der Waals surface area contributed by atoms with Crippen molar-refractivity contribution in [3.63, 3.8) is 0 Å². The Hall–Kier alpha value is -2.32. The molecule has 36 heavy (non-hydrogen) atoms. The highest BCUT2D eigenvalue weighted by Crippen LogP contribution is 2.48. The molecular formula is C27H39ClN4O4. The fourth-order valence-corrected chi connectivity index (χ4v) is 6.01. The lowest BCUT2D eigenvalue weighted by molar-refractivity contribution is -0.133. The van der Waals surface area contributed by atoms with Gasteiger partial charge >= 0.3 is 0 Å². The van der Waals surface area contributed by atoms with E-state index in [4.69, 9.17) is 31.8 Å². The van der Waals surface area contributed by atoms with Crippen LogP contribution in [0.3, 0.4) is 0 Å². The number of carbonyl (C=O) groups excluding carboxylic acids is 2. The largest absolute Gasteiger partial charge is 0.486 e. The number of carbonyl (C=O) groups is 2. The van der Waals surface area contributed by atoms with Crippen LogP contribution < -0.4 is 15.8 Å². The lowest BCUT2D eigenvalue weighted by Gasteiger charge is -2.40. The minimum Gasteiger partial charge on any atom is -0.486 e. The van der Waals surface area contributed by atoms with Crippen LogP contribution in [0.4, 0.5) is 0 Å². The Bertz CT molecular complexity index is 1040. The molecule has 0 spiro atoms. The summed E-state index contributed by atoms with van der Waals surface area (Å²) < 4.78 is 11.5. The van der Waals surface area contributed by atoms with Gasteiger partial charge in [0.1, 0.15) is 11.4 Å². The van der Waals surface area contributed by atoms with Gasteiger partial charge in [-0.05, 0) is 51.5 Å². The van der Waals surface area contributed by atoms with Crippen molar-refractivity contribution >= 4 is 29.4 Å². The van der Waals surface area contributed by atoms with Gasteiger partial charge in [-0.2, -0.15) is 0 Å². The molecule has 198 valence electrons. The van der Waals surface area contributed by atoms with Gasteiger partial charge in [0.15, 0.2) is 5.96 Å². The molecule has 4 atom stereocenters. The Balaban J connectivity index is 1.52. The predicted octanol–water partition coefficient (Wildman–Crippen LogP) is 4.21. The Morgan fingerprint density at radius 2 is 2.08 bits per heavy atom. The summed E-state index contributed by atoms with van der Waals surface area (Å²) in [6.45, 7) is 8.54. The molecule has 1 aromatic carbocycles. The number of rotatable bonds is 9. The van der Waals surface area contributed by atoms with E-state index in [1.165, 1.54) is 0 Å². The quantitative estimate of drug-likeness (QED) is 0.509. The standard InChI is InChI=1S/C27H39ClN4O4/c1-6-27(7-2)15-22(33)32(25(29)31-27)21(11-12-35-5)17-13-18(17)24(34)30-20-14-26(3,4)36-23-16(20)9-8-10-19(23)28/h8-10,17-18,20-21H,6-7,11-15H2,1-5H3,(H2,29,31)(H,30,34)/t17-,18-,20?,21+/m0/s1. The molecule has 9 heteroatoms. The molecule has 1 aromatic rings. The first kappa shape index (κ1) is 26.7. The number of fused-ring (bicyclic) bond motifs is 1. The number of amides is 2. The third-order valence-corrected chi connectivity index (χ3v) is 8.34. The molecule has 1 unspecified atom stereocenters. The van der Waals surface area contributed by atoms with Crippen molar-refractivity contribution in [1.29, 1.82) is 0 Å². The van der Waals surface area contributed by atoms with Crippen LogP contribution in [0, 0.1) is 11.8 Å². The van der Waals surface area contributed by atoms with Gasteiger partial charge in [0.25, 0.3) is 0 Å². The lowest BCUT2D eigenvalue weighted by atomic mass is 9.87. The van der Waals surface area contributed by atoms with Crippen LogP contribution in [0.5, 0.6) is 5.75 Å². The summed E-state index contributed by atoms with van der Waals surface area (Å²) in [5.74, 6) is 0.645. The number of guanidine groups is 1. The van der Waals surface area contributed by atoms with Crippen LogP contribution in [0.1, 0.15) is 77.8 Å². The number of nitrogens with zero attached hydrogens (tertiary/aromatic N) is 2. The first-order valence-electron chi connectivity index (χ1n) is 13.0. The summed E-state index contributed by atoms with van der Waals surface area (Å²) in [6.07, 6.45) is 3.78. The number of nitrogens with one attached hydrogen (secondary N) is 1. The van der Waals surface area contributed by atoms with Gasteiger partial charge < -0.3 is 20.5 Å². The molecule has 3 aliphatic rings. The van der Waals surface area contributed by atoms with Gasteiger partial charge in [-0.3, -0.25) is 14.5 Å². The van der Waals surface area contributed by atoms with E-state index >= 15 is 0 Å². The smallest absolute Gasteiger partial charge is 0.231 e. The Morgan fingerprint density at radius 1 is 1.36 bits per heavy atom. The molecule has 0 radical (unpaired) electrons. The van der Waals surface area contributed by atoms with Crippen LogP contribution in [-0.2, 0) is 14.3 Å². The molecule has 2 aliphatic heterocycles. The Labute approximate surface area is 218 Å². The van der Waals surface area contributed by atoms with Crippen molar-refractivity contribution < 1.29 is 19.1 Å². The van der Waals surface area contributed by atoms with Crippen LogP contribution >= 0.6 is 11.6 Å². The molecule has 2 heterocycles. The SMILES string of the molecule is CCC1(CC)CC(=O)N([C@H](CCOC)[C@H]2C[C@@H]2C(=O)NC2CC(C)(C)Oc3c(Cl)cccc32)C(N)=N1. The number of aliphatic imine (C=N–C) groups is 1. The number of nitrogens with two attached hydrogens (primary N) is 1. The Morgan fingerprint density at radius 3 is 2.72 bits per heavy atom. The van der Waals surface area contributed by atoms with Crippen molar-refractivity contribution in [2.75, 3.05) is 13.7 Å². The molecule has 2 amide bonds. The first-order chi connectivity index (χ1) is 17.0. The number of benzene rings is 1. The molecule has 0 aromatic heterocycles. The van der Waals surface area contributed by atoms with Crippen LogP contribution in [0.25, 0.3) is 0 Å². The maximum Gasteiger partial charge on any atom is 0.231 e. The van der Waals surface area contributed by atoms with Gasteiger partial charge in [0.05, 0.1) is 23.0 Å². The van der Waals surface area contributed by atoms with E-state index in [1.807, 2.05) is 39.8 Å². The number of halogens is 1. The van der Waals surface area contributed by atoms with Crippen LogP contribution in [0.15, 0.2) is 23.2 Å². The lowest BCUT2D eigenvalue weighted by Crippen LogP contribution is -2.56. The van der Waals surface area contributed by atoms with E-state index in [1.54, 1.807) is 18.1 Å². The molecule has 4 rings (SSSR count). The Kier molecular flexibility index (Phi) is 7.58. The van der Waals surface area contributed by atoms with Crippen molar-refractivity contribution in [2.24, 2.45) is 22.6 Å². The number of hydrogen-bond donors (Lipinski definition) is 2. The van der Waals surface area contributed by atoms with Crippen molar-refractivity contribution in [1.82, 2.24) is 10.2 Å². The van der Waals surface area contributed by atoms with Gasteiger partial charge in [-0.1, -0.05) is 37.6 Å². The van der Waals surface area contributed by atoms with E-state index in [2.05, 4.69) is 5.32 Å². The van der Waals surface area contributed by atoms with E-state index in [-0.39, 0.29) is 41.7 Å². The maximum absolute atomic E-state index is 13.4. The molecule has 1 fully saturated rings. The summed E-state index contributed by atoms with van der Waals surface area (Å²) in [4.78, 5) is 33.1. The predicted molar refractivity (Wildman–Crippen MR) is 140 cm³/mol. The second-order valence-electron chi connectivity index (χ2n) is 11.0. The average Bonchev–Trinajstić information content (AvgIpc) is 3.61. The molecule has 0 saturated heterocycles. The van der Waals surface area contributed by atoms with E-state index in [9.17, 15) is 9.59 Å². The minimum atomic E-state index is -0.462. The highest BCUT2D eigenvalue weighted by molar-refractivity contribution is 6.32. The topological polar surface area (TPSA) is 106 Å². The van der Waals surface area contributed by atoms with E-state index in [0.717, 1.165) is 18.4 Å². The highest BCUT2D eigenvalue weighted by atomic mass is 35.5. The van der Waals surface area contributed by atoms with Gasteiger partial charge in [0, 0.05) is 37.7 Å². The zero-order valence-electron chi connectivity index (χ0n) is 22.0. The summed E-state index contributed by atoms with van der Waals surface area (Å²) in [5.41, 5.74) is 6.38. The monoisotopic (exact) mass is 518 g/mol. The summed E-state index contributed by atoms with van der Waals surface area (Å²) in [7, 11) is 1.64. The average molecular weight is 519 g/mol. The first-order valence-corrected chi connectivity index (χ1v) is 13.4. The molecule has 1 aliphatic carbocycles.